The van der Waals surface area contributed by atoms with Crippen molar-refractivity contribution in [3.05, 3.63) is 77.9 Å². The molecule has 0 aromatic heterocycles. The van der Waals surface area contributed by atoms with Crippen LogP contribution in [0.5, 0.6) is 0 Å². The molecule has 1 saturated heterocycles. The summed E-state index contributed by atoms with van der Waals surface area (Å²) in [6.45, 7) is 5.11. The smallest absolute Gasteiger partial charge is 0.317 e. The highest BCUT2D eigenvalue weighted by Gasteiger charge is 2.19. The first-order valence-corrected chi connectivity index (χ1v) is 9.82. The van der Waals surface area contributed by atoms with E-state index in [1.54, 1.807) is 0 Å². The van der Waals surface area contributed by atoms with Crippen molar-refractivity contribution in [2.75, 3.05) is 39.3 Å². The van der Waals surface area contributed by atoms with Crippen LogP contribution in [0.3, 0.4) is 0 Å². The second-order valence-electron chi connectivity index (χ2n) is 6.92. The second kappa shape index (κ2) is 10.5. The monoisotopic (exact) mass is 363 g/mol. The van der Waals surface area contributed by atoms with E-state index in [0.717, 1.165) is 52.1 Å². The summed E-state index contributed by atoms with van der Waals surface area (Å²) >= 11 is 0. The molecule has 0 aliphatic carbocycles. The molecule has 2 amide bonds. The van der Waals surface area contributed by atoms with Crippen molar-refractivity contribution in [3.63, 3.8) is 0 Å². The van der Waals surface area contributed by atoms with E-state index in [0.29, 0.717) is 0 Å². The predicted octanol–water partition coefficient (Wildman–Crippen LogP) is 3.66. The van der Waals surface area contributed by atoms with Crippen molar-refractivity contribution >= 4 is 12.1 Å². The fraction of sp³-hybridized carbons (Fsp3) is 0.348. The standard InChI is InChI=1S/C23H29N3O/c27-23(24-15-7-13-21-9-3-1-4-10-21)26-19-17-25(18-20-26)16-8-14-22-11-5-2-6-12-22/h1-6,8-12,14H,7,13,15-20H2,(H,24,27)/b14-8+. The van der Waals surface area contributed by atoms with Crippen LogP contribution in [0, 0.1) is 0 Å². The highest BCUT2D eigenvalue weighted by molar-refractivity contribution is 5.74. The molecule has 0 atom stereocenters. The Balaban J connectivity index is 1.30. The van der Waals surface area contributed by atoms with Gasteiger partial charge in [0.15, 0.2) is 0 Å². The lowest BCUT2D eigenvalue weighted by Gasteiger charge is -2.34. The number of aryl methyl sites for hydroxylation is 1. The SMILES string of the molecule is O=C(NCCCc1ccccc1)N1CCN(C/C=C/c2ccccc2)CC1. The highest BCUT2D eigenvalue weighted by atomic mass is 16.2. The Morgan fingerprint density at radius 3 is 2.30 bits per heavy atom. The Morgan fingerprint density at radius 1 is 0.926 bits per heavy atom. The van der Waals surface area contributed by atoms with Crippen LogP contribution < -0.4 is 5.32 Å². The summed E-state index contributed by atoms with van der Waals surface area (Å²) in [6.07, 6.45) is 6.34. The van der Waals surface area contributed by atoms with Crippen LogP contribution in [0.2, 0.25) is 0 Å². The summed E-state index contributed by atoms with van der Waals surface area (Å²) in [5.74, 6) is 0. The van der Waals surface area contributed by atoms with E-state index >= 15 is 0 Å². The normalized spacial score (nSPS) is 15.2. The molecule has 1 heterocycles. The number of rotatable bonds is 7. The van der Waals surface area contributed by atoms with Gasteiger partial charge in [0, 0.05) is 39.3 Å². The molecule has 1 fully saturated rings. The molecule has 1 N–H and O–H groups in total. The summed E-state index contributed by atoms with van der Waals surface area (Å²) in [6, 6.07) is 20.8. The lowest BCUT2D eigenvalue weighted by Crippen LogP contribution is -2.51. The van der Waals surface area contributed by atoms with Crippen molar-refractivity contribution in [1.29, 1.82) is 0 Å². The molecular formula is C23H29N3O. The number of hydrogen-bond acceptors (Lipinski definition) is 2. The summed E-state index contributed by atoms with van der Waals surface area (Å²) in [7, 11) is 0. The van der Waals surface area contributed by atoms with Crippen LogP contribution in [0.25, 0.3) is 6.08 Å². The number of carbonyl (C=O) groups excluding carboxylic acids is 1. The fourth-order valence-electron chi connectivity index (χ4n) is 3.28. The molecule has 0 bridgehead atoms. The van der Waals surface area contributed by atoms with E-state index in [1.165, 1.54) is 11.1 Å². The third-order valence-corrected chi connectivity index (χ3v) is 4.89. The number of benzene rings is 2. The average molecular weight is 364 g/mol. The Hall–Kier alpha value is -2.59. The lowest BCUT2D eigenvalue weighted by molar-refractivity contribution is 0.147. The molecule has 142 valence electrons. The molecule has 0 spiro atoms. The average Bonchev–Trinajstić information content (AvgIpc) is 2.73. The van der Waals surface area contributed by atoms with Gasteiger partial charge in [0.1, 0.15) is 0 Å². The first-order valence-electron chi connectivity index (χ1n) is 9.82. The fourth-order valence-corrected chi connectivity index (χ4v) is 3.28. The summed E-state index contributed by atoms with van der Waals surface area (Å²) in [4.78, 5) is 16.6. The highest BCUT2D eigenvalue weighted by Crippen LogP contribution is 2.05. The molecule has 1 aliphatic rings. The molecule has 2 aromatic rings. The van der Waals surface area contributed by atoms with Gasteiger partial charge in [-0.1, -0.05) is 72.8 Å². The van der Waals surface area contributed by atoms with E-state index in [1.807, 2.05) is 17.0 Å². The van der Waals surface area contributed by atoms with Crippen molar-refractivity contribution in [2.45, 2.75) is 12.8 Å². The number of urea groups is 1. The van der Waals surface area contributed by atoms with Crippen LogP contribution >= 0.6 is 0 Å². The third kappa shape index (κ3) is 6.57. The van der Waals surface area contributed by atoms with Gasteiger partial charge in [-0.2, -0.15) is 0 Å². The predicted molar refractivity (Wildman–Crippen MR) is 112 cm³/mol. The van der Waals surface area contributed by atoms with Gasteiger partial charge in [-0.15, -0.1) is 0 Å². The largest absolute Gasteiger partial charge is 0.338 e. The third-order valence-electron chi connectivity index (χ3n) is 4.89. The van der Waals surface area contributed by atoms with E-state index in [4.69, 9.17) is 0 Å². The van der Waals surface area contributed by atoms with Crippen LogP contribution in [-0.4, -0.2) is 55.1 Å². The lowest BCUT2D eigenvalue weighted by atomic mass is 10.1. The van der Waals surface area contributed by atoms with Gasteiger partial charge < -0.3 is 10.2 Å². The van der Waals surface area contributed by atoms with Crippen molar-refractivity contribution in [2.24, 2.45) is 0 Å². The summed E-state index contributed by atoms with van der Waals surface area (Å²) < 4.78 is 0. The van der Waals surface area contributed by atoms with Crippen LogP contribution in [0.4, 0.5) is 4.79 Å². The van der Waals surface area contributed by atoms with Gasteiger partial charge in [0.25, 0.3) is 0 Å². The zero-order valence-corrected chi connectivity index (χ0v) is 15.9. The maximum Gasteiger partial charge on any atom is 0.317 e. The molecule has 0 saturated carbocycles. The minimum atomic E-state index is 0.0718. The number of carbonyl (C=O) groups is 1. The molecule has 0 radical (unpaired) electrons. The van der Waals surface area contributed by atoms with Crippen LogP contribution in [0.1, 0.15) is 17.5 Å². The number of nitrogens with zero attached hydrogens (tertiary/aromatic N) is 2. The molecule has 4 heteroatoms. The minimum Gasteiger partial charge on any atom is -0.338 e. The summed E-state index contributed by atoms with van der Waals surface area (Å²) in [5.41, 5.74) is 2.55. The molecular weight excluding hydrogens is 334 g/mol. The van der Waals surface area contributed by atoms with Gasteiger partial charge in [0.05, 0.1) is 0 Å². The Labute approximate surface area is 162 Å². The molecule has 0 unspecified atom stereocenters. The van der Waals surface area contributed by atoms with Gasteiger partial charge in [-0.25, -0.2) is 4.79 Å². The number of amides is 2. The van der Waals surface area contributed by atoms with Crippen LogP contribution in [0.15, 0.2) is 66.7 Å². The molecule has 3 rings (SSSR count). The van der Waals surface area contributed by atoms with Crippen LogP contribution in [-0.2, 0) is 6.42 Å². The van der Waals surface area contributed by atoms with Gasteiger partial charge in [-0.3, -0.25) is 4.90 Å². The molecule has 27 heavy (non-hydrogen) atoms. The Kier molecular flexibility index (Phi) is 7.48. The first kappa shape index (κ1) is 19.2. The Morgan fingerprint density at radius 2 is 1.59 bits per heavy atom. The number of piperazine rings is 1. The maximum atomic E-state index is 12.3. The van der Waals surface area contributed by atoms with Gasteiger partial charge in [-0.05, 0) is 24.0 Å². The van der Waals surface area contributed by atoms with Gasteiger partial charge in [0.2, 0.25) is 0 Å². The zero-order valence-electron chi connectivity index (χ0n) is 15.9. The van der Waals surface area contributed by atoms with E-state index in [9.17, 15) is 4.79 Å². The zero-order chi connectivity index (χ0) is 18.7. The topological polar surface area (TPSA) is 35.6 Å². The number of hydrogen-bond donors (Lipinski definition) is 1. The molecule has 2 aromatic carbocycles. The van der Waals surface area contributed by atoms with E-state index in [2.05, 4.69) is 70.9 Å². The summed E-state index contributed by atoms with van der Waals surface area (Å²) in [5, 5.41) is 3.06. The first-order chi connectivity index (χ1) is 13.3. The Bertz CT molecular complexity index is 707. The quantitative estimate of drug-likeness (QED) is 0.762. The second-order valence-corrected chi connectivity index (χ2v) is 6.92. The van der Waals surface area contributed by atoms with Crippen molar-refractivity contribution < 1.29 is 4.79 Å². The van der Waals surface area contributed by atoms with E-state index < -0.39 is 0 Å². The maximum absolute atomic E-state index is 12.3. The van der Waals surface area contributed by atoms with E-state index in [-0.39, 0.29) is 6.03 Å². The van der Waals surface area contributed by atoms with Crippen molar-refractivity contribution in [1.82, 2.24) is 15.1 Å². The number of nitrogens with one attached hydrogen (secondary N) is 1. The molecule has 1 aliphatic heterocycles. The molecule has 4 nitrogen and oxygen atoms in total. The minimum absolute atomic E-state index is 0.0718. The van der Waals surface area contributed by atoms with Gasteiger partial charge >= 0.3 is 6.03 Å². The van der Waals surface area contributed by atoms with Crippen molar-refractivity contribution in [3.8, 4) is 0 Å².